The lowest BCUT2D eigenvalue weighted by Gasteiger charge is -2.25. The molecule has 0 aliphatic carbocycles. The molecule has 0 aromatic carbocycles. The Bertz CT molecular complexity index is 342. The van der Waals surface area contributed by atoms with E-state index in [0.29, 0.717) is 11.7 Å². The van der Waals surface area contributed by atoms with E-state index >= 15 is 0 Å². The number of nitrogens with two attached hydrogens (primary N) is 1. The van der Waals surface area contributed by atoms with Crippen LogP contribution >= 0.6 is 0 Å². The number of aromatic nitrogens is 1. The molecule has 0 spiro atoms. The Hall–Kier alpha value is -1.36. The van der Waals surface area contributed by atoms with Gasteiger partial charge in [0.25, 0.3) is 5.91 Å². The summed E-state index contributed by atoms with van der Waals surface area (Å²) in [5.74, 6) is 0.648. The molecule has 1 aromatic rings. The van der Waals surface area contributed by atoms with E-state index in [4.69, 9.17) is 10.2 Å². The number of piperidine rings is 1. The molecule has 2 rings (SSSR count). The smallest absolute Gasteiger partial charge is 0.291 e. The van der Waals surface area contributed by atoms with Crippen molar-refractivity contribution in [2.45, 2.75) is 25.8 Å². The summed E-state index contributed by atoms with van der Waals surface area (Å²) in [7, 11) is 0. The molecule has 1 aliphatic rings. The van der Waals surface area contributed by atoms with Crippen molar-refractivity contribution in [3.63, 3.8) is 0 Å². The number of carbonyl (C=O) groups excluding carboxylic acids is 1. The van der Waals surface area contributed by atoms with Gasteiger partial charge in [0, 0.05) is 13.1 Å². The van der Waals surface area contributed by atoms with Gasteiger partial charge in [-0.1, -0.05) is 0 Å². The van der Waals surface area contributed by atoms with Crippen LogP contribution in [0.5, 0.6) is 0 Å². The van der Waals surface area contributed by atoms with E-state index in [1.54, 1.807) is 0 Å². The van der Waals surface area contributed by atoms with Crippen molar-refractivity contribution in [3.05, 3.63) is 17.8 Å². The lowest BCUT2D eigenvalue weighted by Crippen LogP contribution is -2.35. The topological polar surface area (TPSA) is 72.4 Å². The minimum Gasteiger partial charge on any atom is -0.434 e. The molecule has 82 valence electrons. The summed E-state index contributed by atoms with van der Waals surface area (Å²) in [4.78, 5) is 17.6. The first-order valence-electron chi connectivity index (χ1n) is 5.25. The predicted octanol–water partition coefficient (Wildman–Crippen LogP) is 0.759. The number of hydrogen-bond acceptors (Lipinski definition) is 4. The molecule has 1 fully saturated rings. The average molecular weight is 209 g/mol. The Morgan fingerprint density at radius 3 is 2.80 bits per heavy atom. The second-order valence-electron chi connectivity index (χ2n) is 3.68. The van der Waals surface area contributed by atoms with E-state index in [1.165, 1.54) is 12.6 Å². The molecule has 2 N–H and O–H groups in total. The Morgan fingerprint density at radius 1 is 1.47 bits per heavy atom. The molecule has 1 amide bonds. The van der Waals surface area contributed by atoms with Crippen LogP contribution in [0.1, 0.15) is 35.7 Å². The first-order valence-corrected chi connectivity index (χ1v) is 5.25. The summed E-state index contributed by atoms with van der Waals surface area (Å²) in [5.41, 5.74) is 5.36. The van der Waals surface area contributed by atoms with Gasteiger partial charge in [-0.2, -0.15) is 0 Å². The monoisotopic (exact) mass is 209 g/mol. The summed E-state index contributed by atoms with van der Waals surface area (Å²) >= 11 is 0. The molecule has 1 aliphatic heterocycles. The molecule has 0 saturated carbocycles. The van der Waals surface area contributed by atoms with Crippen molar-refractivity contribution >= 4 is 5.91 Å². The number of amides is 1. The third-order valence-electron chi connectivity index (χ3n) is 2.58. The highest BCUT2D eigenvalue weighted by atomic mass is 16.4. The zero-order chi connectivity index (χ0) is 10.7. The van der Waals surface area contributed by atoms with Gasteiger partial charge in [-0.3, -0.25) is 4.79 Å². The molecule has 2 heterocycles. The summed E-state index contributed by atoms with van der Waals surface area (Å²) in [6.45, 7) is 1.86. The van der Waals surface area contributed by atoms with Gasteiger partial charge >= 0.3 is 0 Å². The maximum atomic E-state index is 11.9. The van der Waals surface area contributed by atoms with Crippen LogP contribution in [0.3, 0.4) is 0 Å². The standard InChI is InChI=1S/C10H15N3O2/c11-6-9-12-7-8(15-9)10(14)13-4-2-1-3-5-13/h7H,1-6,11H2. The Balaban J connectivity index is 2.05. The van der Waals surface area contributed by atoms with Crippen molar-refractivity contribution in [2.75, 3.05) is 13.1 Å². The average Bonchev–Trinajstić information content (AvgIpc) is 2.78. The highest BCUT2D eigenvalue weighted by Crippen LogP contribution is 2.13. The van der Waals surface area contributed by atoms with Gasteiger partial charge in [0.15, 0.2) is 0 Å². The zero-order valence-electron chi connectivity index (χ0n) is 8.61. The minimum atomic E-state index is -0.0677. The van der Waals surface area contributed by atoms with Crippen LogP contribution in [0.15, 0.2) is 10.6 Å². The molecular weight excluding hydrogens is 194 g/mol. The van der Waals surface area contributed by atoms with Crippen LogP contribution in [-0.4, -0.2) is 28.9 Å². The van der Waals surface area contributed by atoms with E-state index in [1.807, 2.05) is 4.90 Å². The van der Waals surface area contributed by atoms with E-state index < -0.39 is 0 Å². The van der Waals surface area contributed by atoms with Crippen molar-refractivity contribution in [1.82, 2.24) is 9.88 Å². The van der Waals surface area contributed by atoms with Crippen LogP contribution in [0, 0.1) is 0 Å². The summed E-state index contributed by atoms with van der Waals surface area (Å²) in [6.07, 6.45) is 4.81. The molecule has 5 nitrogen and oxygen atoms in total. The van der Waals surface area contributed by atoms with Crippen molar-refractivity contribution in [1.29, 1.82) is 0 Å². The summed E-state index contributed by atoms with van der Waals surface area (Å²) in [6, 6.07) is 0. The maximum absolute atomic E-state index is 11.9. The van der Waals surface area contributed by atoms with E-state index in [-0.39, 0.29) is 12.5 Å². The normalized spacial score (nSPS) is 16.7. The molecule has 5 heteroatoms. The lowest BCUT2D eigenvalue weighted by molar-refractivity contribution is 0.0690. The number of rotatable bonds is 2. The number of hydrogen-bond donors (Lipinski definition) is 1. The first kappa shape index (κ1) is 10.2. The van der Waals surface area contributed by atoms with E-state index in [9.17, 15) is 4.79 Å². The highest BCUT2D eigenvalue weighted by molar-refractivity contribution is 5.91. The molecule has 0 atom stereocenters. The molecule has 0 unspecified atom stereocenters. The number of likely N-dealkylation sites (tertiary alicyclic amines) is 1. The SMILES string of the molecule is NCc1ncc(C(=O)N2CCCCC2)o1. The quantitative estimate of drug-likeness (QED) is 0.780. The van der Waals surface area contributed by atoms with Crippen molar-refractivity contribution in [3.8, 4) is 0 Å². The van der Waals surface area contributed by atoms with Crippen LogP contribution < -0.4 is 5.73 Å². The van der Waals surface area contributed by atoms with Gasteiger partial charge in [-0.05, 0) is 19.3 Å². The van der Waals surface area contributed by atoms with Gasteiger partial charge in [0.2, 0.25) is 11.7 Å². The van der Waals surface area contributed by atoms with E-state index in [0.717, 1.165) is 25.9 Å². The third-order valence-corrected chi connectivity index (χ3v) is 2.58. The first-order chi connectivity index (χ1) is 7.31. The molecule has 1 saturated heterocycles. The third kappa shape index (κ3) is 2.18. The Kier molecular flexibility index (Phi) is 3.01. The van der Waals surface area contributed by atoms with Crippen molar-refractivity contribution in [2.24, 2.45) is 5.73 Å². The fourth-order valence-corrected chi connectivity index (χ4v) is 1.76. The molecule has 15 heavy (non-hydrogen) atoms. The fraction of sp³-hybridized carbons (Fsp3) is 0.600. The largest absolute Gasteiger partial charge is 0.434 e. The Labute approximate surface area is 88.3 Å². The molecule has 1 aromatic heterocycles. The second kappa shape index (κ2) is 4.44. The van der Waals surface area contributed by atoms with Crippen LogP contribution in [0.25, 0.3) is 0 Å². The van der Waals surface area contributed by atoms with Gasteiger partial charge < -0.3 is 15.1 Å². The summed E-state index contributed by atoms with van der Waals surface area (Å²) in [5, 5.41) is 0. The predicted molar refractivity (Wildman–Crippen MR) is 54.1 cm³/mol. The minimum absolute atomic E-state index is 0.0677. The lowest BCUT2D eigenvalue weighted by atomic mass is 10.1. The fourth-order valence-electron chi connectivity index (χ4n) is 1.76. The van der Waals surface area contributed by atoms with Crippen LogP contribution in [-0.2, 0) is 6.54 Å². The van der Waals surface area contributed by atoms with E-state index in [2.05, 4.69) is 4.98 Å². The van der Waals surface area contributed by atoms with Crippen LogP contribution in [0.4, 0.5) is 0 Å². The van der Waals surface area contributed by atoms with Gasteiger partial charge in [-0.15, -0.1) is 0 Å². The molecule has 0 bridgehead atoms. The number of nitrogens with zero attached hydrogens (tertiary/aromatic N) is 2. The zero-order valence-corrected chi connectivity index (χ0v) is 8.61. The maximum Gasteiger partial charge on any atom is 0.291 e. The van der Waals surface area contributed by atoms with Gasteiger partial charge in [-0.25, -0.2) is 4.98 Å². The summed E-state index contributed by atoms with van der Waals surface area (Å²) < 4.78 is 5.22. The number of carbonyl (C=O) groups is 1. The Morgan fingerprint density at radius 2 is 2.20 bits per heavy atom. The van der Waals surface area contributed by atoms with Crippen LogP contribution in [0.2, 0.25) is 0 Å². The van der Waals surface area contributed by atoms with Crippen molar-refractivity contribution < 1.29 is 9.21 Å². The van der Waals surface area contributed by atoms with Gasteiger partial charge in [0.1, 0.15) is 0 Å². The molecular formula is C10H15N3O2. The second-order valence-corrected chi connectivity index (χ2v) is 3.68. The van der Waals surface area contributed by atoms with Gasteiger partial charge in [0.05, 0.1) is 12.7 Å². The number of oxazole rings is 1. The molecule has 0 radical (unpaired) electrons. The highest BCUT2D eigenvalue weighted by Gasteiger charge is 2.21.